The molecule has 1 N–H and O–H groups in total. The number of aryl methyl sites for hydroxylation is 2. The molecular weight excluding hydrogens is 319 g/mol. The minimum Gasteiger partial charge on any atom is -0.350 e. The Labute approximate surface area is 148 Å². The fraction of sp³-hybridized carbons (Fsp3) is 0.474. The third-order valence-corrected chi connectivity index (χ3v) is 4.36. The maximum absolute atomic E-state index is 13.2. The average molecular weight is 346 g/mol. The van der Waals surface area contributed by atoms with Crippen LogP contribution in [0.1, 0.15) is 41.9 Å². The maximum atomic E-state index is 13.2. The molecule has 0 saturated carbocycles. The highest BCUT2D eigenvalue weighted by molar-refractivity contribution is 5.83. The lowest BCUT2D eigenvalue weighted by molar-refractivity contribution is -0.125. The van der Waals surface area contributed by atoms with Crippen LogP contribution in [-0.4, -0.2) is 34.7 Å². The Kier molecular flexibility index (Phi) is 6.31. The van der Waals surface area contributed by atoms with Crippen LogP contribution in [0, 0.1) is 19.7 Å². The first-order chi connectivity index (χ1) is 11.8. The van der Waals surface area contributed by atoms with Gasteiger partial charge in [0.2, 0.25) is 5.91 Å². The van der Waals surface area contributed by atoms with Gasteiger partial charge in [-0.05, 0) is 52.1 Å². The Hall–Kier alpha value is -2.21. The quantitative estimate of drug-likeness (QED) is 0.838. The van der Waals surface area contributed by atoms with Crippen molar-refractivity contribution in [1.29, 1.82) is 0 Å². The number of carbonyl (C=O) groups excluding carboxylic acids is 1. The molecule has 0 aliphatic carbocycles. The second kappa shape index (κ2) is 8.25. The maximum Gasteiger partial charge on any atom is 0.242 e. The first-order valence-corrected chi connectivity index (χ1v) is 8.57. The SMILES string of the molecule is CCCn1nc(C)c(CNC(=O)[C@H](c2ccc(F)cc2)N(C)C)c1C. The standard InChI is InChI=1S/C19H27FN4O/c1-6-11-24-14(3)17(13(2)22-24)12-21-19(25)18(23(4)5)15-7-9-16(20)10-8-15/h7-10,18H,6,11-12H2,1-5H3,(H,21,25)/t18-/m0/s1. The molecule has 0 aliphatic heterocycles. The molecule has 0 radical (unpaired) electrons. The van der Waals surface area contributed by atoms with Gasteiger partial charge in [-0.25, -0.2) is 4.39 Å². The van der Waals surface area contributed by atoms with Crippen molar-refractivity contribution in [3.05, 3.63) is 52.6 Å². The first-order valence-electron chi connectivity index (χ1n) is 8.57. The molecule has 1 heterocycles. The highest BCUT2D eigenvalue weighted by Gasteiger charge is 2.23. The van der Waals surface area contributed by atoms with E-state index >= 15 is 0 Å². The summed E-state index contributed by atoms with van der Waals surface area (Å²) < 4.78 is 15.1. The molecule has 25 heavy (non-hydrogen) atoms. The van der Waals surface area contributed by atoms with Crippen molar-refractivity contribution < 1.29 is 9.18 Å². The fourth-order valence-corrected chi connectivity index (χ4v) is 3.02. The molecule has 0 saturated heterocycles. The van der Waals surface area contributed by atoms with Crippen LogP contribution in [-0.2, 0) is 17.9 Å². The van der Waals surface area contributed by atoms with Crippen LogP contribution in [0.3, 0.4) is 0 Å². The third-order valence-electron chi connectivity index (χ3n) is 4.36. The monoisotopic (exact) mass is 346 g/mol. The van der Waals surface area contributed by atoms with E-state index in [2.05, 4.69) is 17.3 Å². The number of hydrogen-bond donors (Lipinski definition) is 1. The highest BCUT2D eigenvalue weighted by atomic mass is 19.1. The van der Waals surface area contributed by atoms with Crippen molar-refractivity contribution >= 4 is 5.91 Å². The number of halogens is 1. The van der Waals surface area contributed by atoms with E-state index < -0.39 is 6.04 Å². The molecule has 5 nitrogen and oxygen atoms in total. The molecular formula is C19H27FN4O. The fourth-order valence-electron chi connectivity index (χ4n) is 3.02. The molecule has 0 aliphatic rings. The summed E-state index contributed by atoms with van der Waals surface area (Å²) in [7, 11) is 3.67. The lowest BCUT2D eigenvalue weighted by Gasteiger charge is -2.24. The summed E-state index contributed by atoms with van der Waals surface area (Å²) in [5.41, 5.74) is 3.84. The number of carbonyl (C=O) groups is 1. The largest absolute Gasteiger partial charge is 0.350 e. The van der Waals surface area contributed by atoms with Crippen LogP contribution in [0.25, 0.3) is 0 Å². The number of rotatable bonds is 7. The van der Waals surface area contributed by atoms with Crippen LogP contribution >= 0.6 is 0 Å². The highest BCUT2D eigenvalue weighted by Crippen LogP contribution is 2.20. The average Bonchev–Trinajstić information content (AvgIpc) is 2.81. The Morgan fingerprint density at radius 1 is 1.28 bits per heavy atom. The summed E-state index contributed by atoms with van der Waals surface area (Å²) in [6.07, 6.45) is 1.01. The van der Waals surface area contributed by atoms with E-state index in [1.807, 2.05) is 37.5 Å². The number of benzene rings is 1. The zero-order chi connectivity index (χ0) is 18.6. The van der Waals surface area contributed by atoms with Crippen LogP contribution < -0.4 is 5.32 Å². The van der Waals surface area contributed by atoms with Gasteiger partial charge in [-0.2, -0.15) is 5.10 Å². The Bertz CT molecular complexity index is 722. The number of likely N-dealkylation sites (N-methyl/N-ethyl adjacent to an activating group) is 1. The van der Waals surface area contributed by atoms with Gasteiger partial charge >= 0.3 is 0 Å². The normalized spacial score (nSPS) is 12.4. The van der Waals surface area contributed by atoms with E-state index in [0.717, 1.165) is 35.5 Å². The number of nitrogens with zero attached hydrogens (tertiary/aromatic N) is 3. The lowest BCUT2D eigenvalue weighted by atomic mass is 10.0. The molecule has 1 aromatic heterocycles. The van der Waals surface area contributed by atoms with Gasteiger partial charge in [-0.1, -0.05) is 19.1 Å². The third kappa shape index (κ3) is 4.45. The molecule has 0 unspecified atom stereocenters. The number of hydrogen-bond acceptors (Lipinski definition) is 3. The van der Waals surface area contributed by atoms with Gasteiger partial charge < -0.3 is 5.32 Å². The van der Waals surface area contributed by atoms with Crippen molar-refractivity contribution in [3.8, 4) is 0 Å². The molecule has 1 amide bonds. The first kappa shape index (κ1) is 19.1. The van der Waals surface area contributed by atoms with Gasteiger partial charge in [0.1, 0.15) is 11.9 Å². The number of nitrogens with one attached hydrogen (secondary N) is 1. The number of amides is 1. The van der Waals surface area contributed by atoms with Crippen LogP contribution in [0.2, 0.25) is 0 Å². The molecule has 0 spiro atoms. The predicted molar refractivity (Wildman–Crippen MR) is 96.7 cm³/mol. The van der Waals surface area contributed by atoms with E-state index in [0.29, 0.717) is 6.54 Å². The summed E-state index contributed by atoms with van der Waals surface area (Å²) in [6, 6.07) is 5.58. The van der Waals surface area contributed by atoms with E-state index in [-0.39, 0.29) is 11.7 Å². The summed E-state index contributed by atoms with van der Waals surface area (Å²) in [4.78, 5) is 14.5. The molecule has 2 rings (SSSR count). The van der Waals surface area contributed by atoms with Crippen LogP contribution in [0.15, 0.2) is 24.3 Å². The minimum atomic E-state index is -0.466. The van der Waals surface area contributed by atoms with Crippen molar-refractivity contribution in [2.45, 2.75) is 46.3 Å². The Morgan fingerprint density at radius 3 is 2.48 bits per heavy atom. The molecule has 136 valence electrons. The molecule has 1 atom stereocenters. The molecule has 2 aromatic rings. The smallest absolute Gasteiger partial charge is 0.242 e. The van der Waals surface area contributed by atoms with Crippen LogP contribution in [0.4, 0.5) is 4.39 Å². The Morgan fingerprint density at radius 2 is 1.92 bits per heavy atom. The zero-order valence-electron chi connectivity index (χ0n) is 15.6. The van der Waals surface area contributed by atoms with E-state index in [9.17, 15) is 9.18 Å². The van der Waals surface area contributed by atoms with E-state index in [1.54, 1.807) is 12.1 Å². The van der Waals surface area contributed by atoms with Gasteiger partial charge in [-0.3, -0.25) is 14.4 Å². The van der Waals surface area contributed by atoms with E-state index in [1.165, 1.54) is 12.1 Å². The lowest BCUT2D eigenvalue weighted by Crippen LogP contribution is -2.36. The molecule has 6 heteroatoms. The summed E-state index contributed by atoms with van der Waals surface area (Å²) >= 11 is 0. The summed E-state index contributed by atoms with van der Waals surface area (Å²) in [5.74, 6) is -0.421. The summed E-state index contributed by atoms with van der Waals surface area (Å²) in [6.45, 7) is 7.41. The second-order valence-corrected chi connectivity index (χ2v) is 6.51. The van der Waals surface area contributed by atoms with E-state index in [4.69, 9.17) is 0 Å². The molecule has 1 aromatic carbocycles. The van der Waals surface area contributed by atoms with Crippen molar-refractivity contribution in [2.24, 2.45) is 0 Å². The summed E-state index contributed by atoms with van der Waals surface area (Å²) in [5, 5.41) is 7.54. The van der Waals surface area contributed by atoms with Crippen molar-refractivity contribution in [3.63, 3.8) is 0 Å². The molecule has 0 fully saturated rings. The Balaban J connectivity index is 2.13. The number of aromatic nitrogens is 2. The molecule has 0 bridgehead atoms. The zero-order valence-corrected chi connectivity index (χ0v) is 15.6. The topological polar surface area (TPSA) is 50.2 Å². The van der Waals surface area contributed by atoms with Crippen molar-refractivity contribution in [1.82, 2.24) is 20.0 Å². The van der Waals surface area contributed by atoms with Gasteiger partial charge in [-0.15, -0.1) is 0 Å². The van der Waals surface area contributed by atoms with Gasteiger partial charge in [0.05, 0.1) is 5.69 Å². The predicted octanol–water partition coefficient (Wildman–Crippen LogP) is 2.97. The van der Waals surface area contributed by atoms with Gasteiger partial charge in [0.25, 0.3) is 0 Å². The van der Waals surface area contributed by atoms with Crippen molar-refractivity contribution in [2.75, 3.05) is 14.1 Å². The van der Waals surface area contributed by atoms with Crippen LogP contribution in [0.5, 0.6) is 0 Å². The van der Waals surface area contributed by atoms with Gasteiger partial charge in [0, 0.05) is 24.3 Å². The van der Waals surface area contributed by atoms with Gasteiger partial charge in [0.15, 0.2) is 0 Å². The second-order valence-electron chi connectivity index (χ2n) is 6.51. The minimum absolute atomic E-state index is 0.112.